The lowest BCUT2D eigenvalue weighted by atomic mass is 10.3. The zero-order valence-corrected chi connectivity index (χ0v) is 7.64. The molecule has 0 saturated carbocycles. The van der Waals surface area contributed by atoms with Gasteiger partial charge in [0.2, 0.25) is 0 Å². The highest BCUT2D eigenvalue weighted by Gasteiger charge is 1.95. The van der Waals surface area contributed by atoms with Crippen molar-refractivity contribution >= 4 is 12.6 Å². The second-order valence-electron chi connectivity index (χ2n) is 2.67. The fourth-order valence-electron chi connectivity index (χ4n) is 0.905. The number of hydrogen-bond donors (Lipinski definition) is 2. The minimum absolute atomic E-state index is 0.820. The Bertz CT molecular complexity index is 184. The molecule has 0 fully saturated rings. The summed E-state index contributed by atoms with van der Waals surface area (Å²) in [5.74, 6) is 0.820. The molecule has 1 aromatic heterocycles. The molecule has 3 heteroatoms. The minimum Gasteiger partial charge on any atom is -0.365 e. The molecule has 1 N–H and O–H groups in total. The molecule has 11 heavy (non-hydrogen) atoms. The maximum absolute atomic E-state index is 4.16. The average molecular weight is 170 g/mol. The second-order valence-corrected chi connectivity index (χ2v) is 2.95. The van der Waals surface area contributed by atoms with Crippen molar-refractivity contribution in [2.45, 2.75) is 6.42 Å². The summed E-state index contributed by atoms with van der Waals surface area (Å²) >= 11 is 4.16. The molecule has 0 atom stereocenters. The Morgan fingerprint density at radius 3 is 3.00 bits per heavy atom. The van der Waals surface area contributed by atoms with Gasteiger partial charge in [-0.1, -0.05) is 0 Å². The van der Waals surface area contributed by atoms with Crippen LogP contribution in [-0.2, 0) is 6.42 Å². The smallest absolute Gasteiger partial charge is 0.0411 e. The van der Waals surface area contributed by atoms with Gasteiger partial charge < -0.3 is 4.98 Å². The molecule has 0 spiro atoms. The van der Waals surface area contributed by atoms with Crippen LogP contribution < -0.4 is 0 Å². The number of thiol groups is 1. The molecular weight excluding hydrogens is 156 g/mol. The van der Waals surface area contributed by atoms with Crippen LogP contribution in [0.3, 0.4) is 0 Å². The molecule has 0 bridgehead atoms. The zero-order valence-electron chi connectivity index (χ0n) is 6.75. The second kappa shape index (κ2) is 4.46. The van der Waals surface area contributed by atoms with Gasteiger partial charge in [0.25, 0.3) is 0 Å². The van der Waals surface area contributed by atoms with Crippen LogP contribution in [0.25, 0.3) is 0 Å². The highest BCUT2D eigenvalue weighted by atomic mass is 32.1. The molecule has 0 aliphatic carbocycles. The van der Waals surface area contributed by atoms with E-state index in [0.29, 0.717) is 0 Å². The summed E-state index contributed by atoms with van der Waals surface area (Å²) in [4.78, 5) is 5.34. The van der Waals surface area contributed by atoms with Crippen molar-refractivity contribution in [3.63, 3.8) is 0 Å². The summed E-state index contributed by atoms with van der Waals surface area (Å²) in [5.41, 5.74) is 1.29. The van der Waals surface area contributed by atoms with Gasteiger partial charge in [-0.3, -0.25) is 4.90 Å². The SMILES string of the molecule is CN(CS)CCc1ccc[nH]1. The molecular formula is C8H14N2S. The van der Waals surface area contributed by atoms with Gasteiger partial charge >= 0.3 is 0 Å². The molecule has 0 amide bonds. The molecule has 0 aromatic carbocycles. The first-order chi connectivity index (χ1) is 5.33. The van der Waals surface area contributed by atoms with Crippen LogP contribution in [0, 0.1) is 0 Å². The third-order valence-corrected chi connectivity index (χ3v) is 2.15. The van der Waals surface area contributed by atoms with Gasteiger partial charge in [-0.25, -0.2) is 0 Å². The van der Waals surface area contributed by atoms with Crippen LogP contribution in [-0.4, -0.2) is 29.4 Å². The normalized spacial score (nSPS) is 10.8. The van der Waals surface area contributed by atoms with Crippen molar-refractivity contribution < 1.29 is 0 Å². The van der Waals surface area contributed by atoms with Crippen LogP contribution >= 0.6 is 12.6 Å². The molecule has 2 nitrogen and oxygen atoms in total. The predicted octanol–water partition coefficient (Wildman–Crippen LogP) is 1.38. The van der Waals surface area contributed by atoms with Crippen LogP contribution in [0.2, 0.25) is 0 Å². The first-order valence-electron chi connectivity index (χ1n) is 3.74. The number of aromatic amines is 1. The van der Waals surface area contributed by atoms with Gasteiger partial charge in [0.1, 0.15) is 0 Å². The standard InChI is InChI=1S/C8H14N2S/c1-10(7-11)6-4-8-3-2-5-9-8/h2-3,5,9,11H,4,6-7H2,1H3. The lowest BCUT2D eigenvalue weighted by Crippen LogP contribution is -2.19. The fraction of sp³-hybridized carbons (Fsp3) is 0.500. The number of nitrogens with one attached hydrogen (secondary N) is 1. The van der Waals surface area contributed by atoms with Crippen molar-refractivity contribution in [2.24, 2.45) is 0 Å². The van der Waals surface area contributed by atoms with Crippen LogP contribution in [0.4, 0.5) is 0 Å². The van der Waals surface area contributed by atoms with Crippen LogP contribution in [0.1, 0.15) is 5.69 Å². The molecule has 0 aliphatic heterocycles. The number of nitrogens with zero attached hydrogens (tertiary/aromatic N) is 1. The number of aromatic nitrogens is 1. The summed E-state index contributed by atoms with van der Waals surface area (Å²) in [7, 11) is 2.07. The molecule has 0 aliphatic rings. The van der Waals surface area contributed by atoms with Crippen molar-refractivity contribution in [2.75, 3.05) is 19.5 Å². The fourth-order valence-corrected chi connectivity index (χ4v) is 1.05. The number of rotatable bonds is 4. The van der Waals surface area contributed by atoms with E-state index in [4.69, 9.17) is 0 Å². The topological polar surface area (TPSA) is 19.0 Å². The number of hydrogen-bond acceptors (Lipinski definition) is 2. The Balaban J connectivity index is 2.23. The molecule has 1 aromatic rings. The van der Waals surface area contributed by atoms with Gasteiger partial charge in [-0.05, 0) is 19.2 Å². The van der Waals surface area contributed by atoms with E-state index in [1.54, 1.807) is 0 Å². The van der Waals surface area contributed by atoms with E-state index in [1.165, 1.54) is 5.69 Å². The van der Waals surface area contributed by atoms with Gasteiger partial charge in [-0.2, -0.15) is 12.6 Å². The third kappa shape index (κ3) is 2.99. The summed E-state index contributed by atoms with van der Waals surface area (Å²) in [6, 6.07) is 4.13. The van der Waals surface area contributed by atoms with E-state index >= 15 is 0 Å². The lowest BCUT2D eigenvalue weighted by Gasteiger charge is -2.11. The molecule has 0 radical (unpaired) electrons. The zero-order chi connectivity index (χ0) is 8.10. The number of H-pyrrole nitrogens is 1. The van der Waals surface area contributed by atoms with E-state index in [0.717, 1.165) is 18.8 Å². The summed E-state index contributed by atoms with van der Waals surface area (Å²) in [6.07, 6.45) is 3.03. The predicted molar refractivity (Wildman–Crippen MR) is 51.0 cm³/mol. The van der Waals surface area contributed by atoms with Gasteiger partial charge in [0.15, 0.2) is 0 Å². The lowest BCUT2D eigenvalue weighted by molar-refractivity contribution is 0.397. The maximum Gasteiger partial charge on any atom is 0.0411 e. The van der Waals surface area contributed by atoms with Gasteiger partial charge in [0.05, 0.1) is 0 Å². The highest BCUT2D eigenvalue weighted by molar-refractivity contribution is 7.80. The van der Waals surface area contributed by atoms with Gasteiger partial charge in [-0.15, -0.1) is 0 Å². The molecule has 1 rings (SSSR count). The summed E-state index contributed by atoms with van der Waals surface area (Å²) in [6.45, 7) is 1.06. The number of likely N-dealkylation sites (N-methyl/N-ethyl adjacent to an activating group) is 1. The largest absolute Gasteiger partial charge is 0.365 e. The molecule has 62 valence electrons. The van der Waals surface area contributed by atoms with E-state index < -0.39 is 0 Å². The molecule has 0 saturated heterocycles. The summed E-state index contributed by atoms with van der Waals surface area (Å²) < 4.78 is 0. The van der Waals surface area contributed by atoms with Gasteiger partial charge in [0, 0.05) is 30.7 Å². The van der Waals surface area contributed by atoms with Crippen molar-refractivity contribution in [3.8, 4) is 0 Å². The maximum atomic E-state index is 4.16. The van der Waals surface area contributed by atoms with Crippen molar-refractivity contribution in [1.29, 1.82) is 0 Å². The quantitative estimate of drug-likeness (QED) is 0.516. The Labute approximate surface area is 73.0 Å². The molecule has 0 unspecified atom stereocenters. The van der Waals surface area contributed by atoms with E-state index in [-0.39, 0.29) is 0 Å². The first kappa shape index (κ1) is 8.68. The third-order valence-electron chi connectivity index (χ3n) is 1.67. The Hall–Kier alpha value is -0.410. The van der Waals surface area contributed by atoms with E-state index in [1.807, 2.05) is 12.3 Å². The average Bonchev–Trinajstić information content (AvgIpc) is 2.52. The Morgan fingerprint density at radius 2 is 2.45 bits per heavy atom. The Morgan fingerprint density at radius 1 is 1.64 bits per heavy atom. The molecule has 1 heterocycles. The Kier molecular flexibility index (Phi) is 3.52. The minimum atomic E-state index is 0.820. The highest BCUT2D eigenvalue weighted by Crippen LogP contribution is 1.97. The first-order valence-corrected chi connectivity index (χ1v) is 4.38. The summed E-state index contributed by atoms with van der Waals surface area (Å²) in [5, 5.41) is 0. The van der Waals surface area contributed by atoms with Crippen LogP contribution in [0.15, 0.2) is 18.3 Å². The van der Waals surface area contributed by atoms with Crippen LogP contribution in [0.5, 0.6) is 0 Å². The van der Waals surface area contributed by atoms with E-state index in [9.17, 15) is 0 Å². The van der Waals surface area contributed by atoms with Crippen molar-refractivity contribution in [1.82, 2.24) is 9.88 Å². The monoisotopic (exact) mass is 170 g/mol. The van der Waals surface area contributed by atoms with Crippen molar-refractivity contribution in [3.05, 3.63) is 24.0 Å². The van der Waals surface area contributed by atoms with E-state index in [2.05, 4.69) is 35.6 Å².